The molecule has 0 atom stereocenters. The van der Waals surface area contributed by atoms with Gasteiger partial charge >= 0.3 is 0 Å². The smallest absolute Gasteiger partial charge is 0.259 e. The Morgan fingerprint density at radius 1 is 1.12 bits per heavy atom. The van der Waals surface area contributed by atoms with Crippen molar-refractivity contribution in [1.29, 1.82) is 0 Å². The van der Waals surface area contributed by atoms with Crippen molar-refractivity contribution < 1.29 is 4.52 Å². The topological polar surface area (TPSA) is 38.9 Å². The van der Waals surface area contributed by atoms with Gasteiger partial charge in [0, 0.05) is 4.47 Å². The average Bonchev–Trinajstić information content (AvgIpc) is 3.00. The SMILES string of the molecule is Brc1ccccc1-c1nc(-c2cccs2)no1. The second-order valence-electron chi connectivity index (χ2n) is 3.38. The van der Waals surface area contributed by atoms with Crippen molar-refractivity contribution in [3.05, 3.63) is 46.3 Å². The van der Waals surface area contributed by atoms with Gasteiger partial charge < -0.3 is 4.52 Å². The Hall–Kier alpha value is -1.46. The number of benzene rings is 1. The van der Waals surface area contributed by atoms with Crippen LogP contribution in [0.25, 0.3) is 22.2 Å². The van der Waals surface area contributed by atoms with Gasteiger partial charge in [0.15, 0.2) is 0 Å². The Balaban J connectivity index is 2.04. The maximum Gasteiger partial charge on any atom is 0.259 e. The predicted octanol–water partition coefficient (Wildman–Crippen LogP) is 4.23. The van der Waals surface area contributed by atoms with Crippen molar-refractivity contribution in [2.24, 2.45) is 0 Å². The fourth-order valence-electron chi connectivity index (χ4n) is 1.47. The molecule has 0 fully saturated rings. The average molecular weight is 307 g/mol. The van der Waals surface area contributed by atoms with Crippen LogP contribution >= 0.6 is 27.3 Å². The van der Waals surface area contributed by atoms with Crippen LogP contribution < -0.4 is 0 Å². The molecule has 0 amide bonds. The number of rotatable bonds is 2. The molecule has 2 aromatic heterocycles. The van der Waals surface area contributed by atoms with Gasteiger partial charge in [0.05, 0.1) is 10.4 Å². The standard InChI is InChI=1S/C12H7BrN2OS/c13-9-5-2-1-4-8(9)12-14-11(15-16-12)10-6-3-7-17-10/h1-7H. The minimum Gasteiger partial charge on any atom is -0.334 e. The molecule has 0 N–H and O–H groups in total. The molecule has 84 valence electrons. The lowest BCUT2D eigenvalue weighted by atomic mass is 10.2. The monoisotopic (exact) mass is 306 g/mol. The van der Waals surface area contributed by atoms with Crippen molar-refractivity contribution in [2.45, 2.75) is 0 Å². The van der Waals surface area contributed by atoms with E-state index in [2.05, 4.69) is 26.1 Å². The first-order valence-electron chi connectivity index (χ1n) is 4.97. The third-order valence-corrected chi connectivity index (χ3v) is 3.83. The summed E-state index contributed by atoms with van der Waals surface area (Å²) in [6.45, 7) is 0. The zero-order chi connectivity index (χ0) is 11.7. The molecule has 0 saturated carbocycles. The van der Waals surface area contributed by atoms with Crippen LogP contribution in [-0.2, 0) is 0 Å². The Morgan fingerprint density at radius 2 is 2.00 bits per heavy atom. The van der Waals surface area contributed by atoms with Gasteiger partial charge in [-0.3, -0.25) is 0 Å². The molecular formula is C12H7BrN2OS. The molecule has 2 heterocycles. The molecule has 0 saturated heterocycles. The second-order valence-corrected chi connectivity index (χ2v) is 5.18. The molecule has 0 aliphatic heterocycles. The molecule has 17 heavy (non-hydrogen) atoms. The Labute approximate surface area is 110 Å². The van der Waals surface area contributed by atoms with E-state index in [0.717, 1.165) is 14.9 Å². The van der Waals surface area contributed by atoms with E-state index in [9.17, 15) is 0 Å². The van der Waals surface area contributed by atoms with Gasteiger partial charge in [-0.1, -0.05) is 23.4 Å². The number of thiophene rings is 1. The van der Waals surface area contributed by atoms with Gasteiger partial charge in [-0.2, -0.15) is 4.98 Å². The van der Waals surface area contributed by atoms with Crippen LogP contribution in [-0.4, -0.2) is 10.1 Å². The summed E-state index contributed by atoms with van der Waals surface area (Å²) in [4.78, 5) is 5.39. The molecule has 0 spiro atoms. The maximum absolute atomic E-state index is 5.27. The molecule has 5 heteroatoms. The van der Waals surface area contributed by atoms with Crippen LogP contribution in [0.3, 0.4) is 0 Å². The minimum atomic E-state index is 0.529. The zero-order valence-electron chi connectivity index (χ0n) is 8.63. The largest absolute Gasteiger partial charge is 0.334 e. The van der Waals surface area contributed by atoms with E-state index < -0.39 is 0 Å². The third kappa shape index (κ3) is 2.03. The molecular weight excluding hydrogens is 300 g/mol. The number of aromatic nitrogens is 2. The molecule has 0 aliphatic carbocycles. The number of nitrogens with zero attached hydrogens (tertiary/aromatic N) is 2. The predicted molar refractivity (Wildman–Crippen MR) is 70.7 cm³/mol. The van der Waals surface area contributed by atoms with Crippen molar-refractivity contribution in [1.82, 2.24) is 10.1 Å². The van der Waals surface area contributed by atoms with E-state index in [1.165, 1.54) is 0 Å². The number of hydrogen-bond acceptors (Lipinski definition) is 4. The van der Waals surface area contributed by atoms with E-state index >= 15 is 0 Å². The molecule has 3 aromatic rings. The summed E-state index contributed by atoms with van der Waals surface area (Å²) >= 11 is 5.06. The highest BCUT2D eigenvalue weighted by atomic mass is 79.9. The van der Waals surface area contributed by atoms with Crippen LogP contribution in [0.1, 0.15) is 0 Å². The molecule has 3 rings (SSSR count). The van der Waals surface area contributed by atoms with Gasteiger partial charge in [0.1, 0.15) is 0 Å². The van der Waals surface area contributed by atoms with E-state index in [1.807, 2.05) is 41.8 Å². The number of halogens is 1. The Bertz CT molecular complexity index is 634. The molecule has 0 unspecified atom stereocenters. The Morgan fingerprint density at radius 3 is 2.76 bits per heavy atom. The van der Waals surface area contributed by atoms with Crippen molar-refractivity contribution >= 4 is 27.3 Å². The minimum absolute atomic E-state index is 0.529. The van der Waals surface area contributed by atoms with Gasteiger partial charge in [-0.05, 0) is 39.5 Å². The summed E-state index contributed by atoms with van der Waals surface area (Å²) in [5.74, 6) is 1.16. The van der Waals surface area contributed by atoms with E-state index in [1.54, 1.807) is 11.3 Å². The van der Waals surface area contributed by atoms with Gasteiger partial charge in [-0.25, -0.2) is 0 Å². The van der Waals surface area contributed by atoms with Gasteiger partial charge in [-0.15, -0.1) is 11.3 Å². The lowest BCUT2D eigenvalue weighted by Gasteiger charge is -1.95. The van der Waals surface area contributed by atoms with Gasteiger partial charge in [0.25, 0.3) is 5.89 Å². The van der Waals surface area contributed by atoms with Crippen molar-refractivity contribution in [3.63, 3.8) is 0 Å². The van der Waals surface area contributed by atoms with Crippen LogP contribution in [0.2, 0.25) is 0 Å². The number of hydrogen-bond donors (Lipinski definition) is 0. The van der Waals surface area contributed by atoms with Crippen LogP contribution in [0.5, 0.6) is 0 Å². The highest BCUT2D eigenvalue weighted by Gasteiger charge is 2.12. The van der Waals surface area contributed by atoms with Gasteiger partial charge in [0.2, 0.25) is 5.82 Å². The molecule has 0 aliphatic rings. The molecule has 0 radical (unpaired) electrons. The highest BCUT2D eigenvalue weighted by molar-refractivity contribution is 9.10. The lowest BCUT2D eigenvalue weighted by Crippen LogP contribution is -1.79. The zero-order valence-corrected chi connectivity index (χ0v) is 11.0. The van der Waals surface area contributed by atoms with E-state index in [4.69, 9.17) is 4.52 Å². The third-order valence-electron chi connectivity index (χ3n) is 2.27. The van der Waals surface area contributed by atoms with Crippen LogP contribution in [0.4, 0.5) is 0 Å². The Kier molecular flexibility index (Phi) is 2.78. The normalized spacial score (nSPS) is 10.6. The second kappa shape index (κ2) is 4.43. The van der Waals surface area contributed by atoms with Crippen molar-refractivity contribution in [2.75, 3.05) is 0 Å². The summed E-state index contributed by atoms with van der Waals surface area (Å²) in [7, 11) is 0. The fourth-order valence-corrected chi connectivity index (χ4v) is 2.58. The highest BCUT2D eigenvalue weighted by Crippen LogP contribution is 2.29. The fraction of sp³-hybridized carbons (Fsp3) is 0. The molecule has 1 aromatic carbocycles. The molecule has 3 nitrogen and oxygen atoms in total. The summed E-state index contributed by atoms with van der Waals surface area (Å²) in [5, 5.41) is 5.97. The summed E-state index contributed by atoms with van der Waals surface area (Å²) < 4.78 is 6.22. The lowest BCUT2D eigenvalue weighted by molar-refractivity contribution is 0.432. The quantitative estimate of drug-likeness (QED) is 0.711. The summed E-state index contributed by atoms with van der Waals surface area (Å²) in [5.41, 5.74) is 0.905. The molecule has 0 bridgehead atoms. The van der Waals surface area contributed by atoms with Crippen LogP contribution in [0, 0.1) is 0 Å². The summed E-state index contributed by atoms with van der Waals surface area (Å²) in [6.07, 6.45) is 0. The van der Waals surface area contributed by atoms with E-state index in [-0.39, 0.29) is 0 Å². The summed E-state index contributed by atoms with van der Waals surface area (Å²) in [6, 6.07) is 11.7. The first-order valence-corrected chi connectivity index (χ1v) is 6.64. The van der Waals surface area contributed by atoms with Crippen LogP contribution in [0.15, 0.2) is 50.8 Å². The first kappa shape index (κ1) is 10.7. The van der Waals surface area contributed by atoms with E-state index in [0.29, 0.717) is 11.7 Å². The maximum atomic E-state index is 5.27. The van der Waals surface area contributed by atoms with Crippen molar-refractivity contribution in [3.8, 4) is 22.2 Å². The first-order chi connectivity index (χ1) is 8.34.